The summed E-state index contributed by atoms with van der Waals surface area (Å²) in [5.74, 6) is 0. The Balaban J connectivity index is 1.42. The van der Waals surface area contributed by atoms with Crippen LogP contribution in [0.15, 0.2) is 48.5 Å². The van der Waals surface area contributed by atoms with Crippen LogP contribution >= 0.6 is 0 Å². The van der Waals surface area contributed by atoms with Gasteiger partial charge in [-0.1, -0.05) is 36.4 Å². The van der Waals surface area contributed by atoms with E-state index in [0.29, 0.717) is 0 Å². The van der Waals surface area contributed by atoms with E-state index in [1.807, 2.05) is 0 Å². The van der Waals surface area contributed by atoms with Gasteiger partial charge in [0.15, 0.2) is 0 Å². The lowest BCUT2D eigenvalue weighted by Crippen LogP contribution is -2.19. The van der Waals surface area contributed by atoms with Crippen molar-refractivity contribution in [3.05, 3.63) is 59.7 Å². The highest BCUT2D eigenvalue weighted by atomic mass is 15.1. The molecule has 0 unspecified atom stereocenters. The lowest BCUT2D eigenvalue weighted by molar-refractivity contribution is 0.649. The van der Waals surface area contributed by atoms with Gasteiger partial charge < -0.3 is 16.0 Å². The Labute approximate surface area is 139 Å². The first-order valence-corrected chi connectivity index (χ1v) is 8.71. The minimum Gasteiger partial charge on any atom is -0.397 e. The van der Waals surface area contributed by atoms with Gasteiger partial charge in [-0.25, -0.2) is 0 Å². The molecule has 122 valence electrons. The highest BCUT2D eigenvalue weighted by molar-refractivity contribution is 5.68. The molecule has 3 heteroatoms. The molecule has 0 aliphatic carbocycles. The van der Waals surface area contributed by atoms with Crippen molar-refractivity contribution in [2.24, 2.45) is 0 Å². The Hall–Kier alpha value is -2.00. The number of benzene rings is 2. The molecule has 2 aromatic rings. The fraction of sp³-hybridized carbons (Fsp3) is 0.400. The molecule has 1 aliphatic rings. The Morgan fingerprint density at radius 3 is 2.48 bits per heavy atom. The minimum atomic E-state index is 0.932. The van der Waals surface area contributed by atoms with E-state index in [1.165, 1.54) is 29.7 Å². The number of hydrogen-bond donors (Lipinski definition) is 2. The quantitative estimate of drug-likeness (QED) is 0.606. The summed E-state index contributed by atoms with van der Waals surface area (Å²) in [6.45, 7) is 4.26. The predicted molar refractivity (Wildman–Crippen MR) is 98.8 cm³/mol. The number of anilines is 2. The molecule has 0 aromatic heterocycles. The van der Waals surface area contributed by atoms with Crippen molar-refractivity contribution in [2.75, 3.05) is 30.3 Å². The maximum Gasteiger partial charge on any atom is 0.0600 e. The lowest BCUT2D eigenvalue weighted by Gasteiger charge is -2.20. The van der Waals surface area contributed by atoms with E-state index < -0.39 is 0 Å². The topological polar surface area (TPSA) is 41.3 Å². The molecule has 3 N–H and O–H groups in total. The van der Waals surface area contributed by atoms with E-state index in [0.717, 1.165) is 44.7 Å². The van der Waals surface area contributed by atoms with Crippen LogP contribution in [0, 0.1) is 0 Å². The first-order valence-electron chi connectivity index (χ1n) is 8.71. The van der Waals surface area contributed by atoms with Crippen LogP contribution in [0.3, 0.4) is 0 Å². The second kappa shape index (κ2) is 8.02. The predicted octanol–water partition coefficient (Wildman–Crippen LogP) is 3.59. The molecule has 1 saturated heterocycles. The Kier molecular flexibility index (Phi) is 5.54. The summed E-state index contributed by atoms with van der Waals surface area (Å²) in [4.78, 5) is 2.40. The third kappa shape index (κ3) is 4.49. The molecular weight excluding hydrogens is 282 g/mol. The van der Waals surface area contributed by atoms with Crippen LogP contribution in [0.5, 0.6) is 0 Å². The first-order chi connectivity index (χ1) is 11.3. The summed E-state index contributed by atoms with van der Waals surface area (Å²) in [6, 6.07) is 17.1. The Bertz CT molecular complexity index is 604. The van der Waals surface area contributed by atoms with Crippen molar-refractivity contribution >= 4 is 11.4 Å². The number of nitrogens with two attached hydrogens (primary N) is 1. The van der Waals surface area contributed by atoms with Crippen LogP contribution in [0.25, 0.3) is 0 Å². The summed E-state index contributed by atoms with van der Waals surface area (Å²) in [6.07, 6.45) is 4.78. The number of nitrogen functional groups attached to an aromatic ring is 1. The fourth-order valence-corrected chi connectivity index (χ4v) is 3.25. The zero-order valence-corrected chi connectivity index (χ0v) is 13.8. The van der Waals surface area contributed by atoms with Gasteiger partial charge >= 0.3 is 0 Å². The summed E-state index contributed by atoms with van der Waals surface area (Å²) in [5, 5.41) is 3.50. The van der Waals surface area contributed by atoms with E-state index in [1.54, 1.807) is 0 Å². The highest BCUT2D eigenvalue weighted by Crippen LogP contribution is 2.27. The Morgan fingerprint density at radius 2 is 1.74 bits per heavy atom. The number of hydrogen-bond acceptors (Lipinski definition) is 3. The van der Waals surface area contributed by atoms with Gasteiger partial charge in [0.1, 0.15) is 0 Å². The maximum absolute atomic E-state index is 6.25. The van der Waals surface area contributed by atoms with Crippen LogP contribution in [0.1, 0.15) is 30.4 Å². The number of aryl methyl sites for hydroxylation is 1. The Morgan fingerprint density at radius 1 is 0.957 bits per heavy atom. The average molecular weight is 309 g/mol. The molecule has 0 saturated carbocycles. The molecule has 3 nitrogen and oxygen atoms in total. The maximum atomic E-state index is 6.25. The molecule has 1 fully saturated rings. The lowest BCUT2D eigenvalue weighted by atomic mass is 10.1. The van der Waals surface area contributed by atoms with Crippen LogP contribution in [-0.4, -0.2) is 19.6 Å². The van der Waals surface area contributed by atoms with Crippen LogP contribution in [0.4, 0.5) is 11.4 Å². The normalized spacial score (nSPS) is 14.3. The largest absolute Gasteiger partial charge is 0.397 e. The van der Waals surface area contributed by atoms with Gasteiger partial charge in [-0.2, -0.15) is 0 Å². The smallest absolute Gasteiger partial charge is 0.0600 e. The van der Waals surface area contributed by atoms with Crippen LogP contribution in [0.2, 0.25) is 0 Å². The van der Waals surface area contributed by atoms with Crippen LogP contribution < -0.4 is 16.0 Å². The van der Waals surface area contributed by atoms with E-state index in [-0.39, 0.29) is 0 Å². The molecule has 1 aliphatic heterocycles. The third-order valence-electron chi connectivity index (χ3n) is 4.53. The SMILES string of the molecule is Nc1cc(CCCNCc2ccccc2)ccc1N1CCCC1. The van der Waals surface area contributed by atoms with E-state index >= 15 is 0 Å². The van der Waals surface area contributed by atoms with Gasteiger partial charge in [0, 0.05) is 19.6 Å². The summed E-state index contributed by atoms with van der Waals surface area (Å²) in [5.41, 5.74) is 11.1. The van der Waals surface area contributed by atoms with Gasteiger partial charge in [-0.3, -0.25) is 0 Å². The van der Waals surface area contributed by atoms with Crippen LogP contribution in [-0.2, 0) is 13.0 Å². The molecular formula is C20H27N3. The summed E-state index contributed by atoms with van der Waals surface area (Å²) < 4.78 is 0. The van der Waals surface area contributed by atoms with Crippen molar-refractivity contribution in [2.45, 2.75) is 32.2 Å². The molecule has 2 aromatic carbocycles. The van der Waals surface area contributed by atoms with Crippen molar-refractivity contribution in [3.8, 4) is 0 Å². The zero-order valence-electron chi connectivity index (χ0n) is 13.8. The molecule has 0 bridgehead atoms. The fourth-order valence-electron chi connectivity index (χ4n) is 3.25. The second-order valence-corrected chi connectivity index (χ2v) is 6.35. The number of rotatable bonds is 7. The van der Waals surface area contributed by atoms with Crippen molar-refractivity contribution < 1.29 is 0 Å². The molecule has 23 heavy (non-hydrogen) atoms. The monoisotopic (exact) mass is 309 g/mol. The summed E-state index contributed by atoms with van der Waals surface area (Å²) in [7, 11) is 0. The second-order valence-electron chi connectivity index (χ2n) is 6.35. The molecule has 1 heterocycles. The van der Waals surface area contributed by atoms with E-state index in [4.69, 9.17) is 5.73 Å². The molecule has 0 amide bonds. The highest BCUT2D eigenvalue weighted by Gasteiger charge is 2.14. The molecule has 0 spiro atoms. The van der Waals surface area contributed by atoms with Crippen molar-refractivity contribution in [1.29, 1.82) is 0 Å². The number of nitrogens with zero attached hydrogens (tertiary/aromatic N) is 1. The van der Waals surface area contributed by atoms with Gasteiger partial charge in [-0.15, -0.1) is 0 Å². The average Bonchev–Trinajstić information content (AvgIpc) is 3.10. The first kappa shape index (κ1) is 15.9. The van der Waals surface area contributed by atoms with Crippen molar-refractivity contribution in [1.82, 2.24) is 5.32 Å². The third-order valence-corrected chi connectivity index (χ3v) is 4.53. The minimum absolute atomic E-state index is 0.932. The molecule has 3 rings (SSSR count). The zero-order chi connectivity index (χ0) is 15.9. The summed E-state index contributed by atoms with van der Waals surface area (Å²) >= 11 is 0. The van der Waals surface area contributed by atoms with Crippen molar-refractivity contribution in [3.63, 3.8) is 0 Å². The van der Waals surface area contributed by atoms with Gasteiger partial charge in [0.2, 0.25) is 0 Å². The van der Waals surface area contributed by atoms with Gasteiger partial charge in [-0.05, 0) is 55.5 Å². The number of nitrogens with one attached hydrogen (secondary N) is 1. The van der Waals surface area contributed by atoms with Gasteiger partial charge in [0.05, 0.1) is 11.4 Å². The van der Waals surface area contributed by atoms with E-state index in [9.17, 15) is 0 Å². The standard InChI is InChI=1S/C20H27N3/c21-19-15-17(10-11-20(19)23-13-4-5-14-23)9-6-12-22-16-18-7-2-1-3-8-18/h1-3,7-8,10-11,15,22H,4-6,9,12-14,16,21H2. The van der Waals surface area contributed by atoms with Gasteiger partial charge in [0.25, 0.3) is 0 Å². The van der Waals surface area contributed by atoms with E-state index in [2.05, 4.69) is 58.7 Å². The molecule has 0 atom stereocenters. The molecule has 0 radical (unpaired) electrons.